The quantitative estimate of drug-likeness (QED) is 0.541. The van der Waals surface area contributed by atoms with Crippen molar-refractivity contribution in [2.45, 2.75) is 57.0 Å². The molecular formula is C11H21P. The van der Waals surface area contributed by atoms with Gasteiger partial charge in [0, 0.05) is 0 Å². The van der Waals surface area contributed by atoms with Crippen LogP contribution < -0.4 is 0 Å². The zero-order valence-electron chi connectivity index (χ0n) is 8.10. The first-order valence-electron chi connectivity index (χ1n) is 5.71. The molecule has 0 radical (unpaired) electrons. The van der Waals surface area contributed by atoms with E-state index < -0.39 is 0 Å². The maximum atomic E-state index is 1.62. The summed E-state index contributed by atoms with van der Waals surface area (Å²) in [6, 6.07) is 0. The van der Waals surface area contributed by atoms with E-state index in [0.717, 1.165) is 0 Å². The second kappa shape index (κ2) is 4.61. The van der Waals surface area contributed by atoms with Crippen molar-refractivity contribution in [2.75, 3.05) is 12.3 Å². The first-order chi connectivity index (χ1) is 5.97. The van der Waals surface area contributed by atoms with Gasteiger partial charge in [-0.2, -0.15) is 0 Å². The highest BCUT2D eigenvalue weighted by Crippen LogP contribution is 2.51. The highest BCUT2D eigenvalue weighted by Gasteiger charge is 2.23. The maximum Gasteiger partial charge on any atom is -0.0209 e. The monoisotopic (exact) mass is 184 g/mol. The van der Waals surface area contributed by atoms with Crippen LogP contribution in [0, 0.1) is 0 Å². The van der Waals surface area contributed by atoms with Crippen molar-refractivity contribution in [1.29, 1.82) is 0 Å². The van der Waals surface area contributed by atoms with Crippen LogP contribution in [0.25, 0.3) is 0 Å². The van der Waals surface area contributed by atoms with E-state index in [9.17, 15) is 0 Å². The van der Waals surface area contributed by atoms with Crippen molar-refractivity contribution in [3.8, 4) is 0 Å². The van der Waals surface area contributed by atoms with E-state index >= 15 is 0 Å². The molecular weight excluding hydrogens is 163 g/mol. The largest absolute Gasteiger partial charge is 0.104 e. The van der Waals surface area contributed by atoms with Crippen LogP contribution in [-0.4, -0.2) is 18.0 Å². The molecule has 70 valence electrons. The number of hydrogen-bond acceptors (Lipinski definition) is 0. The third-order valence-electron chi connectivity index (χ3n) is 3.48. The van der Waals surface area contributed by atoms with Crippen LogP contribution >= 0.6 is 7.92 Å². The standard InChI is InChI=1S/C11H21P/c1-3-7-11(8-4-1)12-9-5-2-6-10-12/h11H,1-10H2. The van der Waals surface area contributed by atoms with Crippen LogP contribution in [0.1, 0.15) is 51.4 Å². The van der Waals surface area contributed by atoms with Crippen molar-refractivity contribution in [3.63, 3.8) is 0 Å². The summed E-state index contributed by atoms with van der Waals surface area (Å²) in [6.07, 6.45) is 15.7. The summed E-state index contributed by atoms with van der Waals surface area (Å²) in [6.45, 7) is 0. The molecule has 0 aromatic rings. The van der Waals surface area contributed by atoms with Crippen molar-refractivity contribution in [2.24, 2.45) is 0 Å². The minimum absolute atomic E-state index is 0.510. The highest BCUT2D eigenvalue weighted by atomic mass is 31.1. The average molecular weight is 184 g/mol. The van der Waals surface area contributed by atoms with Crippen LogP contribution in [0.15, 0.2) is 0 Å². The zero-order chi connectivity index (χ0) is 8.23. The summed E-state index contributed by atoms with van der Waals surface area (Å²) in [7, 11) is 0.510. The van der Waals surface area contributed by atoms with Crippen LogP contribution in [0.2, 0.25) is 0 Å². The van der Waals surface area contributed by atoms with Gasteiger partial charge < -0.3 is 0 Å². The van der Waals surface area contributed by atoms with E-state index in [1.165, 1.54) is 18.5 Å². The van der Waals surface area contributed by atoms with Crippen molar-refractivity contribution in [1.82, 2.24) is 0 Å². The number of rotatable bonds is 1. The highest BCUT2D eigenvalue weighted by molar-refractivity contribution is 7.58. The molecule has 1 saturated carbocycles. The first-order valence-corrected chi connectivity index (χ1v) is 7.49. The molecule has 1 heterocycles. The third kappa shape index (κ3) is 2.22. The van der Waals surface area contributed by atoms with Gasteiger partial charge in [-0.15, -0.1) is 7.92 Å². The molecule has 0 amide bonds. The van der Waals surface area contributed by atoms with Gasteiger partial charge in [0.1, 0.15) is 0 Å². The fourth-order valence-electron chi connectivity index (χ4n) is 2.73. The van der Waals surface area contributed by atoms with Gasteiger partial charge in [0.15, 0.2) is 0 Å². The second-order valence-corrected chi connectivity index (χ2v) is 7.19. The van der Waals surface area contributed by atoms with E-state index in [0.29, 0.717) is 7.92 Å². The summed E-state index contributed by atoms with van der Waals surface area (Å²) in [5.74, 6) is 0. The fraction of sp³-hybridized carbons (Fsp3) is 1.00. The second-order valence-electron chi connectivity index (χ2n) is 4.39. The van der Waals surface area contributed by atoms with Crippen molar-refractivity contribution in [3.05, 3.63) is 0 Å². The Hall–Kier alpha value is 0.430. The lowest BCUT2D eigenvalue weighted by molar-refractivity contribution is 0.507. The lowest BCUT2D eigenvalue weighted by Gasteiger charge is -2.33. The van der Waals surface area contributed by atoms with E-state index in [-0.39, 0.29) is 0 Å². The minimum atomic E-state index is 0.510. The molecule has 0 spiro atoms. The van der Waals surface area contributed by atoms with E-state index in [2.05, 4.69) is 0 Å². The Morgan fingerprint density at radius 1 is 0.667 bits per heavy atom. The molecule has 0 aromatic heterocycles. The molecule has 0 nitrogen and oxygen atoms in total. The summed E-state index contributed by atoms with van der Waals surface area (Å²) < 4.78 is 0. The van der Waals surface area contributed by atoms with Gasteiger partial charge in [-0.1, -0.05) is 25.7 Å². The summed E-state index contributed by atoms with van der Waals surface area (Å²) in [4.78, 5) is 0. The molecule has 2 rings (SSSR count). The van der Waals surface area contributed by atoms with Crippen LogP contribution in [-0.2, 0) is 0 Å². The van der Waals surface area contributed by atoms with E-state index in [1.54, 1.807) is 50.8 Å². The average Bonchev–Trinajstić information content (AvgIpc) is 2.21. The van der Waals surface area contributed by atoms with Gasteiger partial charge >= 0.3 is 0 Å². The van der Waals surface area contributed by atoms with Gasteiger partial charge in [-0.3, -0.25) is 0 Å². The van der Waals surface area contributed by atoms with Crippen LogP contribution in [0.4, 0.5) is 0 Å². The smallest absolute Gasteiger partial charge is 0.0209 e. The van der Waals surface area contributed by atoms with E-state index in [4.69, 9.17) is 0 Å². The topological polar surface area (TPSA) is 0 Å². The summed E-state index contributed by atoms with van der Waals surface area (Å²) in [5, 5.41) is 0. The van der Waals surface area contributed by atoms with E-state index in [1.807, 2.05) is 0 Å². The zero-order valence-corrected chi connectivity index (χ0v) is 8.99. The normalized spacial score (nSPS) is 29.0. The molecule has 1 aliphatic carbocycles. The Labute approximate surface area is 77.9 Å². The summed E-state index contributed by atoms with van der Waals surface area (Å²) >= 11 is 0. The lowest BCUT2D eigenvalue weighted by atomic mass is 10.0. The Balaban J connectivity index is 1.80. The molecule has 0 bridgehead atoms. The molecule has 1 aliphatic heterocycles. The van der Waals surface area contributed by atoms with Crippen molar-refractivity contribution < 1.29 is 0 Å². The molecule has 0 unspecified atom stereocenters. The first kappa shape index (κ1) is 9.00. The van der Waals surface area contributed by atoms with Crippen LogP contribution in [0.5, 0.6) is 0 Å². The third-order valence-corrected chi connectivity index (χ3v) is 6.81. The predicted molar refractivity (Wildman–Crippen MR) is 57.4 cm³/mol. The Morgan fingerprint density at radius 2 is 1.25 bits per heavy atom. The van der Waals surface area contributed by atoms with Crippen LogP contribution in [0.3, 0.4) is 0 Å². The van der Waals surface area contributed by atoms with Gasteiger partial charge in [-0.25, -0.2) is 0 Å². The fourth-order valence-corrected chi connectivity index (χ4v) is 6.04. The SMILES string of the molecule is C1CCC(P2CCCCC2)CC1. The molecule has 1 saturated heterocycles. The lowest BCUT2D eigenvalue weighted by Crippen LogP contribution is -2.16. The molecule has 1 heteroatoms. The molecule has 0 aromatic carbocycles. The van der Waals surface area contributed by atoms with Gasteiger partial charge in [0.2, 0.25) is 0 Å². The maximum absolute atomic E-state index is 1.62. The minimum Gasteiger partial charge on any atom is -0.104 e. The number of hydrogen-bond donors (Lipinski definition) is 0. The molecule has 0 N–H and O–H groups in total. The van der Waals surface area contributed by atoms with Gasteiger partial charge in [-0.05, 0) is 43.7 Å². The molecule has 2 aliphatic rings. The molecule has 12 heavy (non-hydrogen) atoms. The predicted octanol–water partition coefficient (Wildman–Crippen LogP) is 3.98. The molecule has 2 fully saturated rings. The summed E-state index contributed by atoms with van der Waals surface area (Å²) in [5.41, 5.74) is 1.20. The van der Waals surface area contributed by atoms with Crippen molar-refractivity contribution >= 4 is 7.92 Å². The Bertz CT molecular complexity index is 105. The Morgan fingerprint density at radius 3 is 1.92 bits per heavy atom. The Kier molecular flexibility index (Phi) is 3.46. The van der Waals surface area contributed by atoms with Gasteiger partial charge in [0.25, 0.3) is 0 Å². The molecule has 0 atom stereocenters. The van der Waals surface area contributed by atoms with Gasteiger partial charge in [0.05, 0.1) is 0 Å².